The van der Waals surface area contributed by atoms with Crippen molar-refractivity contribution in [3.05, 3.63) is 51.3 Å². The van der Waals surface area contributed by atoms with Gasteiger partial charge in [0.15, 0.2) is 10.8 Å². The second-order valence-electron chi connectivity index (χ2n) is 4.43. The predicted octanol–water partition coefficient (Wildman–Crippen LogP) is 3.15. The molecule has 0 atom stereocenters. The number of pyridine rings is 1. The lowest BCUT2D eigenvalue weighted by atomic mass is 10.3. The van der Waals surface area contributed by atoms with E-state index in [4.69, 9.17) is 16.3 Å². The zero-order valence-electron chi connectivity index (χ0n) is 11.2. The Morgan fingerprint density at radius 3 is 3.10 bits per heavy atom. The van der Waals surface area contributed by atoms with Crippen molar-refractivity contribution in [2.45, 2.75) is 13.3 Å². The molecule has 0 radical (unpaired) electrons. The number of aromatic nitrogens is 3. The lowest BCUT2D eigenvalue weighted by Crippen LogP contribution is -2.11. The van der Waals surface area contributed by atoms with Gasteiger partial charge in [-0.05, 0) is 19.1 Å². The van der Waals surface area contributed by atoms with E-state index in [-0.39, 0.29) is 17.5 Å². The van der Waals surface area contributed by atoms with E-state index < -0.39 is 5.97 Å². The first-order valence-corrected chi connectivity index (χ1v) is 7.61. The Balaban J connectivity index is 1.72. The van der Waals surface area contributed by atoms with Crippen LogP contribution >= 0.6 is 22.9 Å². The summed E-state index contributed by atoms with van der Waals surface area (Å²) >= 11 is 7.58. The lowest BCUT2D eigenvalue weighted by Gasteiger charge is -2.04. The molecule has 0 amide bonds. The van der Waals surface area contributed by atoms with E-state index in [0.29, 0.717) is 12.1 Å². The maximum atomic E-state index is 12.2. The Hall–Kier alpha value is -1.92. The summed E-state index contributed by atoms with van der Waals surface area (Å²) in [5.74, 6) is -0.471. The van der Waals surface area contributed by atoms with Gasteiger partial charge < -0.3 is 4.74 Å². The number of rotatable bonds is 4. The van der Waals surface area contributed by atoms with Gasteiger partial charge in [-0.2, -0.15) is 0 Å². The van der Waals surface area contributed by atoms with Crippen molar-refractivity contribution in [1.82, 2.24) is 14.4 Å². The molecule has 5 nitrogen and oxygen atoms in total. The Labute approximate surface area is 130 Å². The zero-order chi connectivity index (χ0) is 14.8. The molecule has 3 aromatic rings. The molecular formula is C14H12ClN3O2S. The third-order valence-electron chi connectivity index (χ3n) is 3.09. The molecule has 0 unspecified atom stereocenters. The van der Waals surface area contributed by atoms with Crippen molar-refractivity contribution in [3.8, 4) is 0 Å². The summed E-state index contributed by atoms with van der Waals surface area (Å²) in [6, 6.07) is 5.42. The summed E-state index contributed by atoms with van der Waals surface area (Å²) in [5, 5.41) is 0.153. The van der Waals surface area contributed by atoms with Crippen LogP contribution in [0.3, 0.4) is 0 Å². The van der Waals surface area contributed by atoms with Gasteiger partial charge in [-0.3, -0.25) is 4.40 Å². The minimum absolute atomic E-state index is 0.153. The van der Waals surface area contributed by atoms with Gasteiger partial charge in [0, 0.05) is 17.5 Å². The molecule has 3 aromatic heterocycles. The lowest BCUT2D eigenvalue weighted by molar-refractivity contribution is 0.0502. The summed E-state index contributed by atoms with van der Waals surface area (Å²) in [7, 11) is 0. The summed E-state index contributed by atoms with van der Waals surface area (Å²) in [5.41, 5.74) is 3.64. The number of ether oxygens (including phenoxy) is 1. The Morgan fingerprint density at radius 2 is 2.33 bits per heavy atom. The van der Waals surface area contributed by atoms with Crippen LogP contribution in [0.5, 0.6) is 0 Å². The molecule has 0 aromatic carbocycles. The molecule has 0 N–H and O–H groups in total. The van der Waals surface area contributed by atoms with Crippen molar-refractivity contribution >= 4 is 34.6 Å². The maximum absolute atomic E-state index is 12.2. The summed E-state index contributed by atoms with van der Waals surface area (Å²) in [6.45, 7) is 2.23. The number of halogens is 1. The normalized spacial score (nSPS) is 11.0. The van der Waals surface area contributed by atoms with Gasteiger partial charge in [0.05, 0.1) is 17.8 Å². The fourth-order valence-electron chi connectivity index (χ4n) is 2.02. The van der Waals surface area contributed by atoms with Crippen molar-refractivity contribution in [2.75, 3.05) is 6.61 Å². The first-order chi connectivity index (χ1) is 10.2. The zero-order valence-corrected chi connectivity index (χ0v) is 12.8. The molecule has 21 heavy (non-hydrogen) atoms. The molecule has 3 rings (SSSR count). The van der Waals surface area contributed by atoms with E-state index >= 15 is 0 Å². The van der Waals surface area contributed by atoms with Gasteiger partial charge in [-0.25, -0.2) is 14.8 Å². The van der Waals surface area contributed by atoms with Crippen LogP contribution in [0.25, 0.3) is 5.65 Å². The molecule has 3 heterocycles. The molecule has 0 saturated carbocycles. The average molecular weight is 322 g/mol. The fourth-order valence-corrected chi connectivity index (χ4v) is 3.04. The van der Waals surface area contributed by atoms with Crippen LogP contribution in [0.1, 0.15) is 21.1 Å². The largest absolute Gasteiger partial charge is 0.461 e. The first-order valence-electron chi connectivity index (χ1n) is 6.35. The molecular weight excluding hydrogens is 310 g/mol. The number of carbonyl (C=O) groups excluding carboxylic acids is 1. The highest BCUT2D eigenvalue weighted by Crippen LogP contribution is 2.19. The number of carbonyl (C=O) groups is 1. The molecule has 0 aliphatic rings. The van der Waals surface area contributed by atoms with Crippen molar-refractivity contribution < 1.29 is 9.53 Å². The van der Waals surface area contributed by atoms with Crippen LogP contribution < -0.4 is 0 Å². The van der Waals surface area contributed by atoms with Crippen LogP contribution in [0, 0.1) is 6.92 Å². The third-order valence-corrected chi connectivity index (χ3v) is 4.35. The Kier molecular flexibility index (Phi) is 3.90. The number of fused-ring (bicyclic) bond motifs is 1. The number of esters is 1. The second-order valence-corrected chi connectivity index (χ2v) is 5.72. The minimum Gasteiger partial charge on any atom is -0.461 e. The maximum Gasteiger partial charge on any atom is 0.358 e. The first kappa shape index (κ1) is 14.0. The third kappa shape index (κ3) is 2.77. The number of nitrogens with zero attached hydrogens (tertiary/aromatic N) is 3. The van der Waals surface area contributed by atoms with Crippen LogP contribution in [0.15, 0.2) is 29.9 Å². The summed E-state index contributed by atoms with van der Waals surface area (Å²) < 4.78 is 6.93. The smallest absolute Gasteiger partial charge is 0.358 e. The predicted molar refractivity (Wildman–Crippen MR) is 81.0 cm³/mol. The molecule has 7 heteroatoms. The van der Waals surface area contributed by atoms with Gasteiger partial charge in [-0.15, -0.1) is 11.3 Å². The van der Waals surface area contributed by atoms with Gasteiger partial charge in [-0.1, -0.05) is 17.7 Å². The van der Waals surface area contributed by atoms with Crippen molar-refractivity contribution in [1.29, 1.82) is 0 Å². The number of aryl methyl sites for hydroxylation is 1. The molecule has 0 spiro atoms. The van der Waals surface area contributed by atoms with Crippen molar-refractivity contribution in [3.63, 3.8) is 0 Å². The molecule has 0 aliphatic carbocycles. The van der Waals surface area contributed by atoms with E-state index in [1.165, 1.54) is 0 Å². The minimum atomic E-state index is -0.471. The molecule has 0 bridgehead atoms. The van der Waals surface area contributed by atoms with E-state index in [9.17, 15) is 4.79 Å². The van der Waals surface area contributed by atoms with E-state index in [2.05, 4.69) is 9.97 Å². The number of hydrogen-bond acceptors (Lipinski definition) is 5. The topological polar surface area (TPSA) is 56.5 Å². The van der Waals surface area contributed by atoms with Gasteiger partial charge in [0.1, 0.15) is 5.65 Å². The van der Waals surface area contributed by atoms with Gasteiger partial charge in [0.25, 0.3) is 0 Å². The quantitative estimate of drug-likeness (QED) is 0.693. The van der Waals surface area contributed by atoms with Crippen LogP contribution in [-0.2, 0) is 11.2 Å². The fraction of sp³-hybridized carbons (Fsp3) is 0.214. The summed E-state index contributed by atoms with van der Waals surface area (Å²) in [4.78, 5) is 21.6. The molecule has 108 valence electrons. The van der Waals surface area contributed by atoms with Crippen molar-refractivity contribution in [2.24, 2.45) is 0 Å². The highest BCUT2D eigenvalue weighted by Gasteiger charge is 2.19. The molecule has 0 saturated heterocycles. The average Bonchev–Trinajstić information content (AvgIpc) is 3.01. The number of hydrogen-bond donors (Lipinski definition) is 0. The summed E-state index contributed by atoms with van der Waals surface area (Å²) in [6.07, 6.45) is 2.38. The van der Waals surface area contributed by atoms with Crippen LogP contribution in [-0.4, -0.2) is 26.9 Å². The number of thiazole rings is 1. The van der Waals surface area contributed by atoms with E-state index in [1.807, 2.05) is 19.1 Å². The number of imidazole rings is 1. The van der Waals surface area contributed by atoms with Crippen LogP contribution in [0.4, 0.5) is 0 Å². The van der Waals surface area contributed by atoms with E-state index in [0.717, 1.165) is 10.6 Å². The highest BCUT2D eigenvalue weighted by molar-refractivity contribution is 7.09. The Morgan fingerprint density at radius 1 is 1.48 bits per heavy atom. The second kappa shape index (κ2) is 5.83. The Bertz CT molecular complexity index is 796. The molecule has 0 fully saturated rings. The SMILES string of the molecule is Cc1ncsc1CCOC(=O)c1c(Cl)nc2ccccn12. The van der Waals surface area contributed by atoms with Crippen LogP contribution in [0.2, 0.25) is 5.15 Å². The molecule has 0 aliphatic heterocycles. The van der Waals surface area contributed by atoms with Gasteiger partial charge >= 0.3 is 5.97 Å². The monoisotopic (exact) mass is 321 g/mol. The highest BCUT2D eigenvalue weighted by atomic mass is 35.5. The standard InChI is InChI=1S/C14H12ClN3O2S/c1-9-10(21-8-16-9)5-7-20-14(19)12-13(15)17-11-4-2-3-6-18(11)12/h2-4,6,8H,5,7H2,1H3. The van der Waals surface area contributed by atoms with E-state index in [1.54, 1.807) is 33.5 Å². The van der Waals surface area contributed by atoms with Gasteiger partial charge in [0.2, 0.25) is 0 Å².